The van der Waals surface area contributed by atoms with E-state index in [0.717, 1.165) is 12.2 Å². The second-order valence-electron chi connectivity index (χ2n) is 6.85. The SMILES string of the molecule is CCOC1CC(N)(C(=O)NC2CCCC2SCC)C1(C)C.Cl. The molecule has 4 atom stereocenters. The molecule has 0 aromatic carbocycles. The summed E-state index contributed by atoms with van der Waals surface area (Å²) in [5, 5.41) is 3.78. The van der Waals surface area contributed by atoms with Gasteiger partial charge in [-0.05, 0) is 25.5 Å². The van der Waals surface area contributed by atoms with Gasteiger partial charge in [0.1, 0.15) is 5.54 Å². The summed E-state index contributed by atoms with van der Waals surface area (Å²) in [5.41, 5.74) is 5.34. The molecular weight excluding hydrogens is 320 g/mol. The number of hydrogen-bond acceptors (Lipinski definition) is 4. The normalized spacial score (nSPS) is 36.3. The summed E-state index contributed by atoms with van der Waals surface area (Å²) >= 11 is 1.95. The first-order chi connectivity index (χ1) is 9.86. The monoisotopic (exact) mass is 350 g/mol. The van der Waals surface area contributed by atoms with Gasteiger partial charge in [0.2, 0.25) is 5.91 Å². The Morgan fingerprint density at radius 3 is 2.59 bits per heavy atom. The standard InChI is InChI=1S/C16H30N2O2S.ClH/c1-5-20-13-10-16(17,15(13,3)4)14(19)18-11-8-7-9-12(11)21-6-2;/h11-13H,5-10,17H2,1-4H3,(H,18,19);1H. The van der Waals surface area contributed by atoms with Gasteiger partial charge in [-0.25, -0.2) is 0 Å². The van der Waals surface area contributed by atoms with E-state index in [1.165, 1.54) is 12.8 Å². The van der Waals surface area contributed by atoms with Crippen LogP contribution in [0, 0.1) is 5.41 Å². The van der Waals surface area contributed by atoms with Crippen molar-refractivity contribution in [2.75, 3.05) is 12.4 Å². The third kappa shape index (κ3) is 3.42. The average Bonchev–Trinajstić information content (AvgIpc) is 2.86. The van der Waals surface area contributed by atoms with Crippen molar-refractivity contribution in [1.82, 2.24) is 5.32 Å². The van der Waals surface area contributed by atoms with Crippen molar-refractivity contribution >= 4 is 30.1 Å². The molecule has 1 amide bonds. The van der Waals surface area contributed by atoms with E-state index < -0.39 is 5.54 Å². The van der Waals surface area contributed by atoms with Crippen LogP contribution in [0.15, 0.2) is 0 Å². The van der Waals surface area contributed by atoms with Crippen LogP contribution in [0.4, 0.5) is 0 Å². The molecule has 0 spiro atoms. The zero-order chi connectivity index (χ0) is 15.7. The number of nitrogens with one attached hydrogen (secondary N) is 1. The molecule has 0 aromatic heterocycles. The van der Waals surface area contributed by atoms with Crippen LogP contribution in [0.2, 0.25) is 0 Å². The van der Waals surface area contributed by atoms with Gasteiger partial charge in [-0.3, -0.25) is 4.79 Å². The topological polar surface area (TPSA) is 64.3 Å². The smallest absolute Gasteiger partial charge is 0.241 e. The molecule has 0 bridgehead atoms. The fourth-order valence-electron chi connectivity index (χ4n) is 3.62. The minimum Gasteiger partial charge on any atom is -0.378 e. The number of halogens is 1. The zero-order valence-corrected chi connectivity index (χ0v) is 15.8. The highest BCUT2D eigenvalue weighted by Gasteiger charge is 2.63. The first-order valence-corrected chi connectivity index (χ1v) is 9.24. The second kappa shape index (κ2) is 7.73. The predicted octanol–water partition coefficient (Wildman–Crippen LogP) is 2.73. The van der Waals surface area contributed by atoms with E-state index in [2.05, 4.69) is 12.2 Å². The lowest BCUT2D eigenvalue weighted by molar-refractivity contribution is -0.171. The maximum atomic E-state index is 12.7. The van der Waals surface area contributed by atoms with E-state index >= 15 is 0 Å². The van der Waals surface area contributed by atoms with Gasteiger partial charge in [0, 0.05) is 29.7 Å². The zero-order valence-electron chi connectivity index (χ0n) is 14.2. The molecule has 2 aliphatic rings. The van der Waals surface area contributed by atoms with Crippen molar-refractivity contribution in [1.29, 1.82) is 0 Å². The first kappa shape index (κ1) is 20.1. The van der Waals surface area contributed by atoms with Gasteiger partial charge in [-0.2, -0.15) is 11.8 Å². The van der Waals surface area contributed by atoms with Crippen LogP contribution in [0.5, 0.6) is 0 Å². The highest BCUT2D eigenvalue weighted by molar-refractivity contribution is 7.99. The molecule has 6 heteroatoms. The van der Waals surface area contributed by atoms with Crippen molar-refractivity contribution in [3.8, 4) is 0 Å². The summed E-state index contributed by atoms with van der Waals surface area (Å²) in [7, 11) is 0. The Kier molecular flexibility index (Phi) is 7.06. The Balaban J connectivity index is 0.00000242. The predicted molar refractivity (Wildman–Crippen MR) is 95.7 cm³/mol. The second-order valence-corrected chi connectivity index (χ2v) is 8.36. The van der Waals surface area contributed by atoms with Crippen LogP contribution in [0.25, 0.3) is 0 Å². The molecule has 0 heterocycles. The molecule has 2 fully saturated rings. The molecule has 130 valence electrons. The van der Waals surface area contributed by atoms with Gasteiger partial charge in [0.25, 0.3) is 0 Å². The quantitative estimate of drug-likeness (QED) is 0.773. The highest BCUT2D eigenvalue weighted by Crippen LogP contribution is 2.50. The van der Waals surface area contributed by atoms with Crippen molar-refractivity contribution in [3.63, 3.8) is 0 Å². The van der Waals surface area contributed by atoms with Crippen LogP contribution >= 0.6 is 24.2 Å². The summed E-state index contributed by atoms with van der Waals surface area (Å²) in [4.78, 5) is 12.7. The molecule has 4 unspecified atom stereocenters. The number of ether oxygens (including phenoxy) is 1. The van der Waals surface area contributed by atoms with Gasteiger partial charge < -0.3 is 15.8 Å². The molecule has 2 aliphatic carbocycles. The van der Waals surface area contributed by atoms with E-state index in [1.807, 2.05) is 32.5 Å². The number of thioether (sulfide) groups is 1. The van der Waals surface area contributed by atoms with Crippen molar-refractivity contribution < 1.29 is 9.53 Å². The van der Waals surface area contributed by atoms with Crippen LogP contribution in [-0.2, 0) is 9.53 Å². The van der Waals surface area contributed by atoms with E-state index in [4.69, 9.17) is 10.5 Å². The minimum absolute atomic E-state index is 0. The summed E-state index contributed by atoms with van der Waals surface area (Å²) in [6, 6.07) is 0.282. The molecular formula is C16H31ClN2O2S. The lowest BCUT2D eigenvalue weighted by Gasteiger charge is -2.57. The summed E-state index contributed by atoms with van der Waals surface area (Å²) in [6.45, 7) is 8.92. The maximum Gasteiger partial charge on any atom is 0.241 e. The highest BCUT2D eigenvalue weighted by atomic mass is 35.5. The average molecular weight is 351 g/mol. The van der Waals surface area contributed by atoms with E-state index in [9.17, 15) is 4.79 Å². The number of hydrogen-bond donors (Lipinski definition) is 2. The first-order valence-electron chi connectivity index (χ1n) is 8.19. The lowest BCUT2D eigenvalue weighted by Crippen LogP contribution is -2.76. The Labute approximate surface area is 145 Å². The Morgan fingerprint density at radius 2 is 2.05 bits per heavy atom. The van der Waals surface area contributed by atoms with Crippen LogP contribution in [-0.4, -0.2) is 41.2 Å². The van der Waals surface area contributed by atoms with Gasteiger partial charge in [0.05, 0.1) is 6.10 Å². The molecule has 0 radical (unpaired) electrons. The third-order valence-electron chi connectivity index (χ3n) is 5.38. The van der Waals surface area contributed by atoms with E-state index in [-0.39, 0.29) is 35.9 Å². The maximum absolute atomic E-state index is 12.7. The van der Waals surface area contributed by atoms with E-state index in [1.54, 1.807) is 0 Å². The summed E-state index contributed by atoms with van der Waals surface area (Å²) in [6.07, 6.45) is 4.19. The van der Waals surface area contributed by atoms with Gasteiger partial charge >= 0.3 is 0 Å². The number of nitrogens with two attached hydrogens (primary N) is 1. The van der Waals surface area contributed by atoms with Crippen molar-refractivity contribution in [2.24, 2.45) is 11.1 Å². The van der Waals surface area contributed by atoms with Crippen LogP contribution < -0.4 is 11.1 Å². The third-order valence-corrected chi connectivity index (χ3v) is 6.71. The molecule has 0 aromatic rings. The fraction of sp³-hybridized carbons (Fsp3) is 0.938. The molecule has 0 saturated heterocycles. The van der Waals surface area contributed by atoms with E-state index in [0.29, 0.717) is 18.3 Å². The van der Waals surface area contributed by atoms with Gasteiger partial charge in [-0.1, -0.05) is 27.2 Å². The number of carbonyl (C=O) groups excluding carboxylic acids is 1. The largest absolute Gasteiger partial charge is 0.378 e. The summed E-state index contributed by atoms with van der Waals surface area (Å²) < 4.78 is 5.70. The van der Waals surface area contributed by atoms with Gasteiger partial charge in [-0.15, -0.1) is 12.4 Å². The molecule has 22 heavy (non-hydrogen) atoms. The van der Waals surface area contributed by atoms with Crippen LogP contribution in [0.1, 0.15) is 53.4 Å². The fourth-order valence-corrected chi connectivity index (χ4v) is 4.82. The molecule has 2 saturated carbocycles. The summed E-state index contributed by atoms with van der Waals surface area (Å²) in [5.74, 6) is 1.11. The Morgan fingerprint density at radius 1 is 1.36 bits per heavy atom. The number of amides is 1. The van der Waals surface area contributed by atoms with Gasteiger partial charge in [0.15, 0.2) is 0 Å². The molecule has 3 N–H and O–H groups in total. The van der Waals surface area contributed by atoms with Crippen molar-refractivity contribution in [2.45, 2.75) is 76.3 Å². The number of carbonyl (C=O) groups is 1. The Bertz CT molecular complexity index is 394. The molecule has 2 rings (SSSR count). The molecule has 4 nitrogen and oxygen atoms in total. The molecule has 0 aliphatic heterocycles. The lowest BCUT2D eigenvalue weighted by atomic mass is 9.54. The van der Waals surface area contributed by atoms with Crippen LogP contribution in [0.3, 0.4) is 0 Å². The minimum atomic E-state index is -0.795. The number of rotatable bonds is 6. The Hall–Kier alpha value is 0.0300. The van der Waals surface area contributed by atoms with Crippen molar-refractivity contribution in [3.05, 3.63) is 0 Å².